The average Bonchev–Trinajstić information content (AvgIpc) is 1.46. The number of hydrogen-bond donors (Lipinski definition) is 1. The van der Waals surface area contributed by atoms with Gasteiger partial charge in [-0.2, -0.15) is 0 Å². The van der Waals surface area contributed by atoms with Crippen molar-refractivity contribution in [1.29, 1.82) is 0 Å². The molecule has 0 amide bonds. The van der Waals surface area contributed by atoms with E-state index in [1.807, 2.05) is 0 Å². The van der Waals surface area contributed by atoms with Crippen LogP contribution < -0.4 is 0 Å². The molecule has 0 fully saturated rings. The van der Waals surface area contributed by atoms with E-state index in [1.54, 1.807) is 0 Å². The van der Waals surface area contributed by atoms with Crippen LogP contribution in [-0.4, -0.2) is 29.8 Å². The van der Waals surface area contributed by atoms with Crippen LogP contribution in [0, 0.1) is 0 Å². The molecule has 0 heterocycles. The lowest BCUT2D eigenvalue weighted by Crippen LogP contribution is -1.60. The minimum Gasteiger partial charge on any atom is -0.422 e. The normalized spacial score (nSPS) is 4.80. The number of aliphatic hydroxyl groups is 1. The molecule has 0 bridgehead atoms. The number of hydrogen-bond acceptors (Lipinski definition) is 2. The molecule has 0 saturated heterocycles. The van der Waals surface area contributed by atoms with Crippen molar-refractivity contribution in [3.05, 3.63) is 0 Å². The first-order valence-corrected chi connectivity index (χ1v) is 1.47. The Labute approximate surface area is 35.3 Å². The molecular formula is C2H7O2Si. The molecule has 0 aromatic rings. The van der Waals surface area contributed by atoms with Crippen LogP contribution in [0.3, 0.4) is 0 Å². The second-order valence-corrected chi connectivity index (χ2v) is 0.612. The fourth-order valence-electron chi connectivity index (χ4n) is 0. The Hall–Kier alpha value is 0.137. The van der Waals surface area contributed by atoms with Crippen LogP contribution in [0.5, 0.6) is 0 Å². The lowest BCUT2D eigenvalue weighted by molar-refractivity contribution is 0.399. The van der Waals surface area contributed by atoms with Gasteiger partial charge in [0, 0.05) is 14.2 Å². The number of rotatable bonds is 0. The highest BCUT2D eigenvalue weighted by Crippen LogP contribution is 1.24. The van der Waals surface area contributed by atoms with E-state index in [1.165, 1.54) is 7.11 Å². The third kappa shape index (κ3) is 1010. The van der Waals surface area contributed by atoms with Gasteiger partial charge in [-0.3, -0.25) is 0 Å². The Morgan fingerprint density at radius 1 is 1.60 bits per heavy atom. The van der Waals surface area contributed by atoms with Gasteiger partial charge in [-0.25, -0.2) is 0 Å². The first kappa shape index (κ1) is 8.93. The van der Waals surface area contributed by atoms with Crippen molar-refractivity contribution >= 4 is 10.5 Å². The van der Waals surface area contributed by atoms with Gasteiger partial charge in [-0.05, 0) is 0 Å². The predicted octanol–water partition coefficient (Wildman–Crippen LogP) is -0.675. The Bertz CT molecular complexity index is 7.61. The Balaban J connectivity index is 0. The van der Waals surface area contributed by atoms with Crippen molar-refractivity contribution in [2.24, 2.45) is 0 Å². The molecule has 0 aromatic carbocycles. The maximum absolute atomic E-state index is 7.00. The van der Waals surface area contributed by atoms with E-state index in [4.69, 9.17) is 5.11 Å². The van der Waals surface area contributed by atoms with Gasteiger partial charge in [0.15, 0.2) is 0 Å². The summed E-state index contributed by atoms with van der Waals surface area (Å²) in [6.45, 7) is 0. The molecule has 5 heavy (non-hydrogen) atoms. The topological polar surface area (TPSA) is 29.5 Å². The maximum atomic E-state index is 7.00. The maximum Gasteiger partial charge on any atom is 0.245 e. The molecule has 0 atom stereocenters. The van der Waals surface area contributed by atoms with Gasteiger partial charge in [0.2, 0.25) is 10.5 Å². The SMILES string of the molecule is CO.CO[Si]. The highest BCUT2D eigenvalue weighted by atomic mass is 28.2. The van der Waals surface area contributed by atoms with E-state index in [0.717, 1.165) is 7.11 Å². The average molecular weight is 91.2 g/mol. The quantitative estimate of drug-likeness (QED) is 0.400. The first-order valence-electron chi connectivity index (χ1n) is 1.06. The standard InChI is InChI=1S/CH3OSi.CH4O/c1-2-3;1-2/h1H3;2H,1H3. The van der Waals surface area contributed by atoms with Crippen molar-refractivity contribution in [1.82, 2.24) is 0 Å². The molecular weight excluding hydrogens is 84.1 g/mol. The van der Waals surface area contributed by atoms with Crippen molar-refractivity contribution < 1.29 is 9.53 Å². The second kappa shape index (κ2) is 31.5. The summed E-state index contributed by atoms with van der Waals surface area (Å²) in [5, 5.41) is 7.00. The van der Waals surface area contributed by atoms with Gasteiger partial charge in [0.05, 0.1) is 0 Å². The minimum absolute atomic E-state index is 1.00. The van der Waals surface area contributed by atoms with Gasteiger partial charge < -0.3 is 9.53 Å². The van der Waals surface area contributed by atoms with Crippen LogP contribution in [0.2, 0.25) is 0 Å². The predicted molar refractivity (Wildman–Crippen MR) is 20.9 cm³/mol. The summed E-state index contributed by atoms with van der Waals surface area (Å²) in [6.07, 6.45) is 0. The molecule has 0 aliphatic carbocycles. The second-order valence-electron chi connectivity index (χ2n) is 0.204. The molecule has 3 radical (unpaired) electrons. The largest absolute Gasteiger partial charge is 0.422 e. The zero-order valence-electron chi connectivity index (χ0n) is 3.36. The fraction of sp³-hybridized carbons (Fsp3) is 1.00. The van der Waals surface area contributed by atoms with Crippen LogP contribution in [0.25, 0.3) is 0 Å². The van der Waals surface area contributed by atoms with Crippen LogP contribution >= 0.6 is 0 Å². The molecule has 3 heteroatoms. The summed E-state index contributed by atoms with van der Waals surface area (Å²) in [5.74, 6) is 0. The van der Waals surface area contributed by atoms with Gasteiger partial charge >= 0.3 is 0 Å². The van der Waals surface area contributed by atoms with Crippen LogP contribution in [-0.2, 0) is 4.43 Å². The zero-order valence-corrected chi connectivity index (χ0v) is 4.36. The van der Waals surface area contributed by atoms with E-state index in [9.17, 15) is 0 Å². The Kier molecular flexibility index (Phi) is 56.3. The molecule has 0 rings (SSSR count). The van der Waals surface area contributed by atoms with Crippen LogP contribution in [0.4, 0.5) is 0 Å². The van der Waals surface area contributed by atoms with Gasteiger partial charge in [-0.15, -0.1) is 0 Å². The number of aliphatic hydroxyl groups excluding tert-OH is 1. The first-order chi connectivity index (χ1) is 2.41. The van der Waals surface area contributed by atoms with E-state index >= 15 is 0 Å². The van der Waals surface area contributed by atoms with E-state index < -0.39 is 0 Å². The highest BCUT2D eigenvalue weighted by molar-refractivity contribution is 5.97. The molecule has 31 valence electrons. The van der Waals surface area contributed by atoms with E-state index in [-0.39, 0.29) is 0 Å². The summed E-state index contributed by atoms with van der Waals surface area (Å²) in [6, 6.07) is 0. The Morgan fingerprint density at radius 2 is 1.60 bits per heavy atom. The molecule has 1 N–H and O–H groups in total. The smallest absolute Gasteiger partial charge is 0.245 e. The van der Waals surface area contributed by atoms with E-state index in [2.05, 4.69) is 14.9 Å². The van der Waals surface area contributed by atoms with Crippen molar-refractivity contribution in [3.8, 4) is 0 Å². The molecule has 0 aliphatic heterocycles. The molecule has 0 aliphatic rings. The molecule has 0 saturated carbocycles. The van der Waals surface area contributed by atoms with Crippen molar-refractivity contribution in [2.75, 3.05) is 14.2 Å². The van der Waals surface area contributed by atoms with Crippen LogP contribution in [0.1, 0.15) is 0 Å². The summed E-state index contributed by atoms with van der Waals surface area (Å²) >= 11 is 0. The fourth-order valence-corrected chi connectivity index (χ4v) is 0. The summed E-state index contributed by atoms with van der Waals surface area (Å²) < 4.78 is 4.06. The summed E-state index contributed by atoms with van der Waals surface area (Å²) in [5.41, 5.74) is 0. The summed E-state index contributed by atoms with van der Waals surface area (Å²) in [4.78, 5) is 0. The molecule has 0 spiro atoms. The third-order valence-corrected chi connectivity index (χ3v) is 0. The van der Waals surface area contributed by atoms with Gasteiger partial charge in [0.25, 0.3) is 0 Å². The molecule has 0 unspecified atom stereocenters. The monoisotopic (exact) mass is 91.0 g/mol. The Morgan fingerprint density at radius 3 is 1.60 bits per heavy atom. The van der Waals surface area contributed by atoms with Crippen molar-refractivity contribution in [2.45, 2.75) is 0 Å². The molecule has 2 nitrogen and oxygen atoms in total. The van der Waals surface area contributed by atoms with Crippen LogP contribution in [0.15, 0.2) is 0 Å². The zero-order chi connectivity index (χ0) is 4.71. The van der Waals surface area contributed by atoms with E-state index in [0.29, 0.717) is 0 Å². The lowest BCUT2D eigenvalue weighted by Gasteiger charge is -1.59. The van der Waals surface area contributed by atoms with Gasteiger partial charge in [0.1, 0.15) is 0 Å². The van der Waals surface area contributed by atoms with Gasteiger partial charge in [-0.1, -0.05) is 0 Å². The highest BCUT2D eigenvalue weighted by Gasteiger charge is 1.30. The lowest BCUT2D eigenvalue weighted by atomic mass is 11.8. The molecule has 0 aromatic heterocycles. The van der Waals surface area contributed by atoms with Crippen molar-refractivity contribution in [3.63, 3.8) is 0 Å². The summed E-state index contributed by atoms with van der Waals surface area (Å²) in [7, 11) is 5.22. The third-order valence-electron chi connectivity index (χ3n) is 0. The minimum atomic E-state index is 1.00.